The number of fused-ring (bicyclic) bond motifs is 1. The number of H-pyrrole nitrogens is 1. The van der Waals surface area contributed by atoms with Gasteiger partial charge in [0.15, 0.2) is 5.11 Å². The zero-order valence-corrected chi connectivity index (χ0v) is 19.0. The van der Waals surface area contributed by atoms with E-state index in [2.05, 4.69) is 32.2 Å². The first-order valence-electron chi connectivity index (χ1n) is 11.2. The Labute approximate surface area is 188 Å². The van der Waals surface area contributed by atoms with Crippen molar-refractivity contribution < 1.29 is 9.47 Å². The summed E-state index contributed by atoms with van der Waals surface area (Å²) in [4.78, 5) is 20.3. The van der Waals surface area contributed by atoms with Crippen molar-refractivity contribution in [1.29, 1.82) is 0 Å². The minimum atomic E-state index is -0.0589. The molecule has 31 heavy (non-hydrogen) atoms. The molecule has 2 N–H and O–H groups in total. The van der Waals surface area contributed by atoms with Crippen LogP contribution in [0.15, 0.2) is 29.1 Å². The number of aromatic amines is 1. The maximum Gasteiger partial charge on any atom is 0.253 e. The Morgan fingerprint density at radius 3 is 2.90 bits per heavy atom. The van der Waals surface area contributed by atoms with Crippen molar-refractivity contribution in [2.75, 3.05) is 52.5 Å². The highest BCUT2D eigenvalue weighted by Crippen LogP contribution is 2.15. The van der Waals surface area contributed by atoms with Gasteiger partial charge in [-0.15, -0.1) is 0 Å². The standard InChI is InChI=1S/C23H32N4O3S/c1-17-4-5-18-14-19(22(28)25-21(18)13-17)16-27(7-6-26-8-11-29-12-9-26)23(31)24-15-20-3-2-10-30-20/h4-5,13-14,20H,2-3,6-12,15-16H2,1H3,(H,24,31)(H,25,28). The van der Waals surface area contributed by atoms with Gasteiger partial charge in [-0.2, -0.15) is 0 Å². The molecule has 0 spiro atoms. The monoisotopic (exact) mass is 444 g/mol. The number of nitrogens with one attached hydrogen (secondary N) is 2. The Morgan fingerprint density at radius 1 is 1.29 bits per heavy atom. The summed E-state index contributed by atoms with van der Waals surface area (Å²) in [6.45, 7) is 9.07. The van der Waals surface area contributed by atoms with Crippen LogP contribution in [0.5, 0.6) is 0 Å². The van der Waals surface area contributed by atoms with Crippen LogP contribution >= 0.6 is 12.2 Å². The third kappa shape index (κ3) is 6.04. The summed E-state index contributed by atoms with van der Waals surface area (Å²) in [6, 6.07) is 8.10. The molecular formula is C23H32N4O3S. The summed E-state index contributed by atoms with van der Waals surface area (Å²) in [5.41, 5.74) is 2.66. The number of thiocarbonyl (C=S) groups is 1. The summed E-state index contributed by atoms with van der Waals surface area (Å²) in [5.74, 6) is 0. The van der Waals surface area contributed by atoms with Crippen LogP contribution in [0.4, 0.5) is 0 Å². The van der Waals surface area contributed by atoms with E-state index in [9.17, 15) is 4.79 Å². The van der Waals surface area contributed by atoms with Gasteiger partial charge in [0.2, 0.25) is 0 Å². The lowest BCUT2D eigenvalue weighted by molar-refractivity contribution is 0.0356. The molecule has 2 saturated heterocycles. The molecular weight excluding hydrogens is 412 g/mol. The van der Waals surface area contributed by atoms with Gasteiger partial charge in [0.25, 0.3) is 5.56 Å². The average Bonchev–Trinajstić information content (AvgIpc) is 3.29. The fourth-order valence-electron chi connectivity index (χ4n) is 4.14. The molecule has 1 atom stereocenters. The zero-order chi connectivity index (χ0) is 21.6. The molecule has 0 bridgehead atoms. The lowest BCUT2D eigenvalue weighted by atomic mass is 10.1. The van der Waals surface area contributed by atoms with Gasteiger partial charge in [0.05, 0.1) is 25.9 Å². The fraction of sp³-hybridized carbons (Fsp3) is 0.565. The summed E-state index contributed by atoms with van der Waals surface area (Å²) in [6.07, 6.45) is 2.38. The van der Waals surface area contributed by atoms with Crippen LogP contribution in [0.25, 0.3) is 10.9 Å². The second kappa shape index (κ2) is 10.5. The Kier molecular flexibility index (Phi) is 7.55. The topological polar surface area (TPSA) is 69.8 Å². The van der Waals surface area contributed by atoms with E-state index in [1.54, 1.807) is 0 Å². The maximum atomic E-state index is 12.8. The van der Waals surface area contributed by atoms with Gasteiger partial charge < -0.3 is 24.7 Å². The lowest BCUT2D eigenvalue weighted by Crippen LogP contribution is -2.47. The van der Waals surface area contributed by atoms with Crippen LogP contribution in [-0.4, -0.2) is 78.5 Å². The number of hydrogen-bond acceptors (Lipinski definition) is 5. The third-order valence-corrected chi connectivity index (χ3v) is 6.42. The summed E-state index contributed by atoms with van der Waals surface area (Å²) in [5, 5.41) is 5.08. The smallest absolute Gasteiger partial charge is 0.253 e. The molecule has 0 radical (unpaired) electrons. The highest BCUT2D eigenvalue weighted by atomic mass is 32.1. The Balaban J connectivity index is 1.47. The molecule has 1 unspecified atom stereocenters. The van der Waals surface area contributed by atoms with Crippen molar-refractivity contribution in [2.45, 2.75) is 32.4 Å². The van der Waals surface area contributed by atoms with Gasteiger partial charge in [0.1, 0.15) is 0 Å². The van der Waals surface area contributed by atoms with Gasteiger partial charge >= 0.3 is 0 Å². The molecule has 0 aliphatic carbocycles. The molecule has 2 aromatic rings. The number of aryl methyl sites for hydroxylation is 1. The van der Waals surface area contributed by atoms with E-state index in [0.29, 0.717) is 18.2 Å². The van der Waals surface area contributed by atoms with Crippen molar-refractivity contribution in [3.63, 3.8) is 0 Å². The normalized spacial score (nSPS) is 19.6. The summed E-state index contributed by atoms with van der Waals surface area (Å²) >= 11 is 5.74. The first kappa shape index (κ1) is 22.2. The van der Waals surface area contributed by atoms with Crippen LogP contribution in [0.3, 0.4) is 0 Å². The van der Waals surface area contributed by atoms with Crippen LogP contribution in [-0.2, 0) is 16.0 Å². The predicted octanol–water partition coefficient (Wildman–Crippen LogP) is 2.02. The number of benzene rings is 1. The number of pyridine rings is 1. The van der Waals surface area contributed by atoms with E-state index in [1.807, 2.05) is 19.1 Å². The molecule has 0 saturated carbocycles. The number of morpholine rings is 1. The quantitative estimate of drug-likeness (QED) is 0.633. The van der Waals surface area contributed by atoms with Gasteiger partial charge in [-0.25, -0.2) is 0 Å². The van der Waals surface area contributed by atoms with Crippen LogP contribution in [0.2, 0.25) is 0 Å². The first-order chi connectivity index (χ1) is 15.1. The van der Waals surface area contributed by atoms with Crippen molar-refractivity contribution in [3.05, 3.63) is 45.7 Å². The largest absolute Gasteiger partial charge is 0.379 e. The average molecular weight is 445 g/mol. The van der Waals surface area contributed by atoms with E-state index in [0.717, 1.165) is 80.9 Å². The fourth-order valence-corrected chi connectivity index (χ4v) is 4.38. The van der Waals surface area contributed by atoms with E-state index < -0.39 is 0 Å². The van der Waals surface area contributed by atoms with Gasteiger partial charge in [-0.3, -0.25) is 9.69 Å². The molecule has 3 heterocycles. The Morgan fingerprint density at radius 2 is 2.13 bits per heavy atom. The van der Waals surface area contributed by atoms with Crippen molar-refractivity contribution >= 4 is 28.2 Å². The van der Waals surface area contributed by atoms with E-state index in [4.69, 9.17) is 21.7 Å². The number of hydrogen-bond donors (Lipinski definition) is 2. The highest BCUT2D eigenvalue weighted by molar-refractivity contribution is 7.80. The number of ether oxygens (including phenoxy) is 2. The second-order valence-electron chi connectivity index (χ2n) is 8.41. The van der Waals surface area contributed by atoms with E-state index >= 15 is 0 Å². The number of aromatic nitrogens is 1. The molecule has 2 aliphatic heterocycles. The Hall–Kier alpha value is -2.00. The third-order valence-electron chi connectivity index (χ3n) is 6.02. The lowest BCUT2D eigenvalue weighted by Gasteiger charge is -2.31. The van der Waals surface area contributed by atoms with Gasteiger partial charge in [-0.1, -0.05) is 12.1 Å². The minimum Gasteiger partial charge on any atom is -0.379 e. The summed E-state index contributed by atoms with van der Waals surface area (Å²) in [7, 11) is 0. The molecule has 0 amide bonds. The SMILES string of the molecule is Cc1ccc2cc(CN(CCN3CCOCC3)C(=S)NCC3CCCO3)c(=O)[nH]c2c1. The van der Waals surface area contributed by atoms with E-state index in [-0.39, 0.29) is 11.7 Å². The molecule has 2 aliphatic rings. The second-order valence-corrected chi connectivity index (χ2v) is 8.80. The van der Waals surface area contributed by atoms with Crippen molar-refractivity contribution in [1.82, 2.24) is 20.1 Å². The van der Waals surface area contributed by atoms with Crippen molar-refractivity contribution in [2.24, 2.45) is 0 Å². The molecule has 8 heteroatoms. The van der Waals surface area contributed by atoms with Crippen LogP contribution < -0.4 is 10.9 Å². The molecule has 2 fully saturated rings. The van der Waals surface area contributed by atoms with E-state index in [1.165, 1.54) is 0 Å². The van der Waals surface area contributed by atoms with Gasteiger partial charge in [-0.05, 0) is 55.1 Å². The maximum absolute atomic E-state index is 12.8. The molecule has 1 aromatic carbocycles. The number of nitrogens with zero attached hydrogens (tertiary/aromatic N) is 2. The number of rotatable bonds is 7. The predicted molar refractivity (Wildman–Crippen MR) is 127 cm³/mol. The highest BCUT2D eigenvalue weighted by Gasteiger charge is 2.19. The van der Waals surface area contributed by atoms with Crippen LogP contribution in [0.1, 0.15) is 24.0 Å². The Bertz CT molecular complexity index is 951. The minimum absolute atomic E-state index is 0.0589. The zero-order valence-electron chi connectivity index (χ0n) is 18.2. The molecule has 1 aromatic heterocycles. The molecule has 168 valence electrons. The van der Waals surface area contributed by atoms with Crippen LogP contribution in [0, 0.1) is 6.92 Å². The molecule has 4 rings (SSSR count). The van der Waals surface area contributed by atoms with Crippen molar-refractivity contribution in [3.8, 4) is 0 Å². The first-order valence-corrected chi connectivity index (χ1v) is 11.6. The molecule has 7 nitrogen and oxygen atoms in total. The van der Waals surface area contributed by atoms with Gasteiger partial charge in [0, 0.05) is 50.4 Å². The summed E-state index contributed by atoms with van der Waals surface area (Å²) < 4.78 is 11.2.